The molecule has 0 saturated carbocycles. The molecule has 0 aliphatic heterocycles. The van der Waals surface area contributed by atoms with Gasteiger partial charge in [-0.05, 0) is 41.8 Å². The van der Waals surface area contributed by atoms with Crippen molar-refractivity contribution in [3.8, 4) is 5.75 Å². The van der Waals surface area contributed by atoms with E-state index in [0.29, 0.717) is 27.3 Å². The second-order valence-electron chi connectivity index (χ2n) is 6.70. The van der Waals surface area contributed by atoms with Crippen molar-refractivity contribution in [2.75, 3.05) is 11.5 Å². The number of amides is 1. The molecule has 0 aliphatic rings. The highest BCUT2D eigenvalue weighted by Crippen LogP contribution is 2.36. The number of carbonyl (C=O) groups is 2. The second kappa shape index (κ2) is 9.21. The number of hydrogen-bond acceptors (Lipinski definition) is 6. The predicted molar refractivity (Wildman–Crippen MR) is 118 cm³/mol. The fourth-order valence-electron chi connectivity index (χ4n) is 3.17. The predicted octanol–water partition coefficient (Wildman–Crippen LogP) is 3.97. The van der Waals surface area contributed by atoms with Crippen LogP contribution in [0, 0.1) is 0 Å². The summed E-state index contributed by atoms with van der Waals surface area (Å²) < 4.78 is 5.77. The molecule has 0 unspecified atom stereocenters. The standard InChI is InChI=1S/C21H15Cl2N5O4/c22-14-7-12-6-13(21(30)31)8-17(20(12)16(23)9-14)32-11-19(29)28(10-18-24-26-27-25-18)15-4-2-1-3-5-15/h1-9H,10-11H2,(H,30,31)(H,24,25,26,27). The smallest absolute Gasteiger partial charge is 0.335 e. The average molecular weight is 472 g/mol. The molecule has 1 heterocycles. The van der Waals surface area contributed by atoms with Crippen LogP contribution in [0.2, 0.25) is 10.0 Å². The van der Waals surface area contributed by atoms with Gasteiger partial charge >= 0.3 is 5.97 Å². The molecule has 11 heteroatoms. The van der Waals surface area contributed by atoms with E-state index < -0.39 is 11.9 Å². The minimum atomic E-state index is -1.15. The van der Waals surface area contributed by atoms with Gasteiger partial charge in [-0.3, -0.25) is 4.79 Å². The van der Waals surface area contributed by atoms with Crippen molar-refractivity contribution in [2.45, 2.75) is 6.54 Å². The van der Waals surface area contributed by atoms with E-state index in [2.05, 4.69) is 20.6 Å². The number of nitrogens with zero attached hydrogens (tertiary/aromatic N) is 4. The van der Waals surface area contributed by atoms with Crippen LogP contribution in [0.5, 0.6) is 5.75 Å². The lowest BCUT2D eigenvalue weighted by atomic mass is 10.1. The van der Waals surface area contributed by atoms with E-state index in [-0.39, 0.29) is 29.5 Å². The van der Waals surface area contributed by atoms with Crippen LogP contribution in [0.4, 0.5) is 5.69 Å². The number of rotatable bonds is 7. The van der Waals surface area contributed by atoms with Crippen LogP contribution in [0.1, 0.15) is 16.2 Å². The molecule has 0 radical (unpaired) electrons. The monoisotopic (exact) mass is 471 g/mol. The van der Waals surface area contributed by atoms with Gasteiger partial charge < -0.3 is 14.7 Å². The van der Waals surface area contributed by atoms with E-state index in [0.717, 1.165) is 0 Å². The molecule has 0 aliphatic carbocycles. The number of halogens is 2. The zero-order valence-electron chi connectivity index (χ0n) is 16.3. The highest BCUT2D eigenvalue weighted by atomic mass is 35.5. The number of aromatic carboxylic acids is 1. The largest absolute Gasteiger partial charge is 0.483 e. The van der Waals surface area contributed by atoms with Crippen molar-refractivity contribution in [1.82, 2.24) is 20.6 Å². The Labute approximate surface area is 191 Å². The summed E-state index contributed by atoms with van der Waals surface area (Å²) in [5.41, 5.74) is 0.588. The fourth-order valence-corrected chi connectivity index (χ4v) is 3.77. The molecule has 162 valence electrons. The first kappa shape index (κ1) is 21.5. The number of fused-ring (bicyclic) bond motifs is 1. The average Bonchev–Trinajstić information content (AvgIpc) is 3.29. The normalized spacial score (nSPS) is 10.8. The maximum Gasteiger partial charge on any atom is 0.335 e. The number of benzene rings is 3. The summed E-state index contributed by atoms with van der Waals surface area (Å²) in [5.74, 6) is -1.08. The van der Waals surface area contributed by atoms with Gasteiger partial charge in [0.25, 0.3) is 5.91 Å². The minimum Gasteiger partial charge on any atom is -0.483 e. The van der Waals surface area contributed by atoms with Gasteiger partial charge in [0.15, 0.2) is 12.4 Å². The summed E-state index contributed by atoms with van der Waals surface area (Å²) in [5, 5.41) is 24.7. The third-order valence-electron chi connectivity index (χ3n) is 4.59. The first-order chi connectivity index (χ1) is 15.4. The Morgan fingerprint density at radius 2 is 1.88 bits per heavy atom. The van der Waals surface area contributed by atoms with Gasteiger partial charge in [-0.15, -0.1) is 10.2 Å². The SMILES string of the molecule is O=C(O)c1cc(OCC(=O)N(Cc2nn[nH]n2)c2ccccc2)c2c(Cl)cc(Cl)cc2c1. The maximum absolute atomic E-state index is 13.1. The Morgan fingerprint density at radius 1 is 1.09 bits per heavy atom. The zero-order chi connectivity index (χ0) is 22.7. The Morgan fingerprint density at radius 3 is 2.56 bits per heavy atom. The van der Waals surface area contributed by atoms with Gasteiger partial charge in [0.05, 0.1) is 17.1 Å². The molecule has 2 N–H and O–H groups in total. The summed E-state index contributed by atoms with van der Waals surface area (Å²) in [6.45, 7) is -0.321. The van der Waals surface area contributed by atoms with E-state index in [1.54, 1.807) is 30.3 Å². The fraction of sp³-hybridized carbons (Fsp3) is 0.0952. The number of para-hydroxylation sites is 1. The minimum absolute atomic E-state index is 0.0232. The first-order valence-electron chi connectivity index (χ1n) is 9.29. The summed E-state index contributed by atoms with van der Waals surface area (Å²) >= 11 is 12.4. The van der Waals surface area contributed by atoms with Crippen LogP contribution in [-0.2, 0) is 11.3 Å². The molecule has 0 spiro atoms. The number of aromatic amines is 1. The van der Waals surface area contributed by atoms with E-state index in [1.165, 1.54) is 23.1 Å². The Balaban J connectivity index is 1.65. The van der Waals surface area contributed by atoms with Gasteiger partial charge in [0.1, 0.15) is 5.75 Å². The molecule has 9 nitrogen and oxygen atoms in total. The van der Waals surface area contributed by atoms with Gasteiger partial charge in [-0.25, -0.2) is 4.79 Å². The summed E-state index contributed by atoms with van der Waals surface area (Å²) in [4.78, 5) is 26.1. The molecule has 3 aromatic carbocycles. The second-order valence-corrected chi connectivity index (χ2v) is 7.54. The molecular formula is C21H15Cl2N5O4. The molecular weight excluding hydrogens is 457 g/mol. The number of carboxylic acid groups (broad SMARTS) is 1. The number of tetrazole rings is 1. The molecule has 0 bridgehead atoms. The number of hydrogen-bond donors (Lipinski definition) is 2. The number of aromatic nitrogens is 4. The van der Waals surface area contributed by atoms with Crippen LogP contribution in [0.15, 0.2) is 54.6 Å². The van der Waals surface area contributed by atoms with Crippen molar-refractivity contribution < 1.29 is 19.4 Å². The molecule has 1 aromatic heterocycles. The Hall–Kier alpha value is -3.69. The van der Waals surface area contributed by atoms with Gasteiger partial charge in [-0.1, -0.05) is 46.6 Å². The molecule has 0 atom stereocenters. The topological polar surface area (TPSA) is 121 Å². The van der Waals surface area contributed by atoms with Crippen molar-refractivity contribution in [1.29, 1.82) is 0 Å². The Bertz CT molecular complexity index is 1280. The third kappa shape index (κ3) is 4.63. The lowest BCUT2D eigenvalue weighted by molar-refractivity contribution is -0.120. The highest BCUT2D eigenvalue weighted by Gasteiger charge is 2.20. The lowest BCUT2D eigenvalue weighted by Gasteiger charge is -2.22. The Kier molecular flexibility index (Phi) is 6.20. The summed E-state index contributed by atoms with van der Waals surface area (Å²) in [7, 11) is 0. The van der Waals surface area contributed by atoms with Crippen molar-refractivity contribution in [2.24, 2.45) is 0 Å². The molecule has 1 amide bonds. The van der Waals surface area contributed by atoms with E-state index >= 15 is 0 Å². The third-order valence-corrected chi connectivity index (χ3v) is 5.10. The van der Waals surface area contributed by atoms with Crippen molar-refractivity contribution >= 4 is 51.5 Å². The quantitative estimate of drug-likeness (QED) is 0.418. The van der Waals surface area contributed by atoms with Gasteiger partial charge in [-0.2, -0.15) is 5.21 Å². The number of anilines is 1. The van der Waals surface area contributed by atoms with Crippen LogP contribution in [0.25, 0.3) is 10.8 Å². The van der Waals surface area contributed by atoms with E-state index in [4.69, 9.17) is 27.9 Å². The number of nitrogens with one attached hydrogen (secondary N) is 1. The van der Waals surface area contributed by atoms with E-state index in [1.807, 2.05) is 6.07 Å². The number of carbonyl (C=O) groups excluding carboxylic acids is 1. The van der Waals surface area contributed by atoms with Crippen molar-refractivity contribution in [3.05, 3.63) is 76.0 Å². The van der Waals surface area contributed by atoms with Crippen LogP contribution in [-0.4, -0.2) is 44.2 Å². The van der Waals surface area contributed by atoms with Gasteiger partial charge in [0.2, 0.25) is 0 Å². The zero-order valence-corrected chi connectivity index (χ0v) is 17.8. The number of ether oxygens (including phenoxy) is 1. The molecule has 4 aromatic rings. The van der Waals surface area contributed by atoms with Gasteiger partial charge in [0, 0.05) is 16.1 Å². The molecule has 0 saturated heterocycles. The summed E-state index contributed by atoms with van der Waals surface area (Å²) in [6.07, 6.45) is 0. The number of carboxylic acids is 1. The molecule has 4 rings (SSSR count). The number of H-pyrrole nitrogens is 1. The first-order valence-corrected chi connectivity index (χ1v) is 10.0. The highest BCUT2D eigenvalue weighted by molar-refractivity contribution is 6.39. The van der Waals surface area contributed by atoms with Crippen LogP contribution >= 0.6 is 23.2 Å². The maximum atomic E-state index is 13.1. The lowest BCUT2D eigenvalue weighted by Crippen LogP contribution is -2.35. The summed E-state index contributed by atoms with van der Waals surface area (Å²) in [6, 6.07) is 14.8. The van der Waals surface area contributed by atoms with E-state index in [9.17, 15) is 14.7 Å². The molecule has 0 fully saturated rings. The van der Waals surface area contributed by atoms with Crippen LogP contribution in [0.3, 0.4) is 0 Å². The molecule has 32 heavy (non-hydrogen) atoms. The van der Waals surface area contributed by atoms with Crippen molar-refractivity contribution in [3.63, 3.8) is 0 Å². The van der Waals surface area contributed by atoms with Crippen LogP contribution < -0.4 is 9.64 Å².